The molecule has 4 heteroatoms. The first-order valence-corrected chi connectivity index (χ1v) is 5.56. The lowest BCUT2D eigenvalue weighted by Gasteiger charge is -2.03. The second-order valence-electron chi connectivity index (χ2n) is 4.32. The SMILES string of the molecule is Cc1cc2c(=O)c3cc(F)ccc3oc2nc1C. The topological polar surface area (TPSA) is 43.1 Å². The number of pyridine rings is 1. The molecule has 3 nitrogen and oxygen atoms in total. The van der Waals surface area contributed by atoms with E-state index in [4.69, 9.17) is 4.42 Å². The number of aromatic nitrogens is 1. The van der Waals surface area contributed by atoms with E-state index in [1.807, 2.05) is 13.8 Å². The van der Waals surface area contributed by atoms with Crippen molar-refractivity contribution in [3.63, 3.8) is 0 Å². The van der Waals surface area contributed by atoms with Crippen LogP contribution in [0.2, 0.25) is 0 Å². The summed E-state index contributed by atoms with van der Waals surface area (Å²) in [5, 5.41) is 0.628. The van der Waals surface area contributed by atoms with Crippen molar-refractivity contribution in [2.75, 3.05) is 0 Å². The lowest BCUT2D eigenvalue weighted by atomic mass is 10.1. The van der Waals surface area contributed by atoms with Gasteiger partial charge < -0.3 is 4.42 Å². The van der Waals surface area contributed by atoms with E-state index in [1.165, 1.54) is 18.2 Å². The van der Waals surface area contributed by atoms with Crippen molar-refractivity contribution in [1.29, 1.82) is 0 Å². The van der Waals surface area contributed by atoms with Gasteiger partial charge in [-0.25, -0.2) is 9.37 Å². The van der Waals surface area contributed by atoms with Gasteiger partial charge in [0.15, 0.2) is 0 Å². The van der Waals surface area contributed by atoms with Gasteiger partial charge in [0.1, 0.15) is 11.4 Å². The monoisotopic (exact) mass is 243 g/mol. The Hall–Kier alpha value is -2.23. The van der Waals surface area contributed by atoms with Crippen LogP contribution in [0.5, 0.6) is 0 Å². The summed E-state index contributed by atoms with van der Waals surface area (Å²) in [5.41, 5.74) is 2.12. The average Bonchev–Trinajstić information content (AvgIpc) is 2.33. The number of rotatable bonds is 0. The first-order valence-electron chi connectivity index (χ1n) is 5.56. The highest BCUT2D eigenvalue weighted by Crippen LogP contribution is 2.19. The number of fused-ring (bicyclic) bond motifs is 2. The molecule has 0 aliphatic carbocycles. The summed E-state index contributed by atoms with van der Waals surface area (Å²) >= 11 is 0. The minimum atomic E-state index is -0.453. The molecule has 0 saturated carbocycles. The number of aryl methyl sites for hydroxylation is 2. The zero-order valence-corrected chi connectivity index (χ0v) is 9.95. The van der Waals surface area contributed by atoms with Crippen molar-refractivity contribution in [1.82, 2.24) is 4.98 Å². The molecule has 0 aliphatic rings. The van der Waals surface area contributed by atoms with E-state index in [2.05, 4.69) is 4.98 Å². The Labute approximate surface area is 102 Å². The van der Waals surface area contributed by atoms with Crippen molar-refractivity contribution < 1.29 is 8.81 Å². The predicted molar refractivity (Wildman–Crippen MR) is 67.2 cm³/mol. The van der Waals surface area contributed by atoms with Crippen LogP contribution in [0.25, 0.3) is 22.1 Å². The number of hydrogen-bond acceptors (Lipinski definition) is 3. The van der Waals surface area contributed by atoms with E-state index in [0.717, 1.165) is 11.3 Å². The summed E-state index contributed by atoms with van der Waals surface area (Å²) in [4.78, 5) is 16.5. The van der Waals surface area contributed by atoms with E-state index in [0.29, 0.717) is 16.7 Å². The Kier molecular flexibility index (Phi) is 2.20. The van der Waals surface area contributed by atoms with Crippen molar-refractivity contribution in [2.45, 2.75) is 13.8 Å². The standard InChI is InChI=1S/C14H10FNO2/c1-7-5-11-13(17)10-6-9(15)3-4-12(10)18-14(11)16-8(7)2/h3-6H,1-2H3. The van der Waals surface area contributed by atoms with Crippen molar-refractivity contribution in [3.05, 3.63) is 51.6 Å². The number of halogens is 1. The molecule has 0 N–H and O–H groups in total. The Balaban J connectivity index is 2.57. The highest BCUT2D eigenvalue weighted by atomic mass is 19.1. The van der Waals surface area contributed by atoms with Gasteiger partial charge in [0.2, 0.25) is 11.1 Å². The van der Waals surface area contributed by atoms with Gasteiger partial charge in [-0.2, -0.15) is 0 Å². The van der Waals surface area contributed by atoms with Crippen LogP contribution >= 0.6 is 0 Å². The van der Waals surface area contributed by atoms with Crippen LogP contribution in [0, 0.1) is 19.7 Å². The molecule has 18 heavy (non-hydrogen) atoms. The maximum Gasteiger partial charge on any atom is 0.230 e. The first-order chi connectivity index (χ1) is 8.56. The summed E-state index contributed by atoms with van der Waals surface area (Å²) in [7, 11) is 0. The smallest absolute Gasteiger partial charge is 0.230 e. The quantitative estimate of drug-likeness (QED) is 0.570. The Morgan fingerprint density at radius 2 is 1.94 bits per heavy atom. The van der Waals surface area contributed by atoms with Gasteiger partial charge in [-0.05, 0) is 43.7 Å². The fraction of sp³-hybridized carbons (Fsp3) is 0.143. The Morgan fingerprint density at radius 3 is 2.72 bits per heavy atom. The van der Waals surface area contributed by atoms with Crippen LogP contribution in [0.3, 0.4) is 0 Å². The van der Waals surface area contributed by atoms with Gasteiger partial charge in [0, 0.05) is 5.69 Å². The first kappa shape index (κ1) is 10.9. The molecule has 1 aromatic carbocycles. The third-order valence-corrected chi connectivity index (χ3v) is 3.07. The van der Waals surface area contributed by atoms with Crippen molar-refractivity contribution in [3.8, 4) is 0 Å². The van der Waals surface area contributed by atoms with Crippen LogP contribution < -0.4 is 5.43 Å². The van der Waals surface area contributed by atoms with E-state index in [1.54, 1.807) is 6.07 Å². The van der Waals surface area contributed by atoms with E-state index >= 15 is 0 Å². The normalized spacial score (nSPS) is 11.3. The van der Waals surface area contributed by atoms with Crippen LogP contribution in [0.1, 0.15) is 11.3 Å². The van der Waals surface area contributed by atoms with Crippen molar-refractivity contribution in [2.24, 2.45) is 0 Å². The fourth-order valence-electron chi connectivity index (χ4n) is 1.94. The highest BCUT2D eigenvalue weighted by molar-refractivity contribution is 5.88. The van der Waals surface area contributed by atoms with Gasteiger partial charge in [-0.15, -0.1) is 0 Å². The van der Waals surface area contributed by atoms with Gasteiger partial charge in [-0.3, -0.25) is 4.79 Å². The molecule has 0 amide bonds. The molecule has 0 fully saturated rings. The zero-order valence-electron chi connectivity index (χ0n) is 9.95. The lowest BCUT2D eigenvalue weighted by molar-refractivity contribution is 0.620. The highest BCUT2D eigenvalue weighted by Gasteiger charge is 2.10. The molecule has 0 bridgehead atoms. The predicted octanol–water partition coefficient (Wildman–Crippen LogP) is 3.10. The minimum absolute atomic E-state index is 0.243. The van der Waals surface area contributed by atoms with Crippen molar-refractivity contribution >= 4 is 22.1 Å². The number of hydrogen-bond donors (Lipinski definition) is 0. The van der Waals surface area contributed by atoms with E-state index < -0.39 is 5.82 Å². The van der Waals surface area contributed by atoms with E-state index in [9.17, 15) is 9.18 Å². The average molecular weight is 243 g/mol. The molecule has 2 aromatic heterocycles. The third kappa shape index (κ3) is 1.49. The molecule has 2 heterocycles. The molecule has 90 valence electrons. The molecular weight excluding hydrogens is 233 g/mol. The summed E-state index contributed by atoms with van der Waals surface area (Å²) < 4.78 is 18.7. The maximum absolute atomic E-state index is 13.2. The molecule has 3 aromatic rings. The summed E-state index contributed by atoms with van der Waals surface area (Å²) in [6.45, 7) is 3.72. The second-order valence-corrected chi connectivity index (χ2v) is 4.32. The van der Waals surface area contributed by atoms with Crippen LogP contribution in [-0.2, 0) is 0 Å². The van der Waals surface area contributed by atoms with Gasteiger partial charge in [0.25, 0.3) is 0 Å². The van der Waals surface area contributed by atoms with Gasteiger partial charge in [0.05, 0.1) is 10.8 Å². The summed E-state index contributed by atoms with van der Waals surface area (Å²) in [6.07, 6.45) is 0. The molecule has 0 saturated heterocycles. The maximum atomic E-state index is 13.2. The summed E-state index contributed by atoms with van der Waals surface area (Å²) in [6, 6.07) is 5.63. The van der Waals surface area contributed by atoms with E-state index in [-0.39, 0.29) is 10.8 Å². The number of benzene rings is 1. The molecular formula is C14H10FNO2. The molecule has 0 aliphatic heterocycles. The Morgan fingerprint density at radius 1 is 1.17 bits per heavy atom. The zero-order chi connectivity index (χ0) is 12.9. The number of nitrogens with zero attached hydrogens (tertiary/aromatic N) is 1. The molecule has 3 rings (SSSR count). The van der Waals surface area contributed by atoms with Crippen LogP contribution in [-0.4, -0.2) is 4.98 Å². The third-order valence-electron chi connectivity index (χ3n) is 3.07. The fourth-order valence-corrected chi connectivity index (χ4v) is 1.94. The molecule has 0 radical (unpaired) electrons. The second kappa shape index (κ2) is 3.63. The Bertz CT molecular complexity index is 836. The van der Waals surface area contributed by atoms with Gasteiger partial charge in [-0.1, -0.05) is 0 Å². The van der Waals surface area contributed by atoms with Crippen LogP contribution in [0.15, 0.2) is 33.5 Å². The molecule has 0 unspecified atom stereocenters. The summed E-state index contributed by atoms with van der Waals surface area (Å²) in [5.74, 6) is -0.453. The molecule has 0 spiro atoms. The lowest BCUT2D eigenvalue weighted by Crippen LogP contribution is -2.04. The minimum Gasteiger partial charge on any atom is -0.437 e. The van der Waals surface area contributed by atoms with Gasteiger partial charge >= 0.3 is 0 Å². The largest absolute Gasteiger partial charge is 0.437 e. The molecule has 0 atom stereocenters. The van der Waals surface area contributed by atoms with Crippen LogP contribution in [0.4, 0.5) is 4.39 Å².